The minimum absolute atomic E-state index is 0.366. The van der Waals surface area contributed by atoms with E-state index in [1.165, 1.54) is 0 Å². The fourth-order valence-corrected chi connectivity index (χ4v) is 1.81. The van der Waals surface area contributed by atoms with Crippen LogP contribution in [0.1, 0.15) is 22.9 Å². The second-order valence-electron chi connectivity index (χ2n) is 3.77. The molecule has 4 heteroatoms. The van der Waals surface area contributed by atoms with E-state index >= 15 is 0 Å². The van der Waals surface area contributed by atoms with Gasteiger partial charge in [0.05, 0.1) is 13.2 Å². The number of nitrogens with zero attached hydrogens (tertiary/aromatic N) is 2. The summed E-state index contributed by atoms with van der Waals surface area (Å²) in [6.45, 7) is 1.96. The van der Waals surface area contributed by atoms with E-state index in [9.17, 15) is 5.26 Å². The molecule has 0 aliphatic heterocycles. The molecule has 1 aromatic carbocycles. The molecule has 2 aromatic rings. The Kier molecular flexibility index (Phi) is 3.10. The van der Waals surface area contributed by atoms with Crippen molar-refractivity contribution in [2.45, 2.75) is 12.8 Å². The summed E-state index contributed by atoms with van der Waals surface area (Å²) in [5.41, 5.74) is 1.93. The Balaban J connectivity index is 2.40. The second-order valence-corrected chi connectivity index (χ2v) is 3.77. The maximum absolute atomic E-state index is 9.23. The third-order valence-corrected chi connectivity index (χ3v) is 2.67. The summed E-state index contributed by atoms with van der Waals surface area (Å²) in [6.07, 6.45) is 3.37. The van der Waals surface area contributed by atoms with Gasteiger partial charge in [-0.2, -0.15) is 5.26 Å². The number of aromatic amines is 1. The summed E-state index contributed by atoms with van der Waals surface area (Å²) in [7, 11) is 1.64. The number of rotatable bonds is 3. The first-order valence-electron chi connectivity index (χ1n) is 5.29. The van der Waals surface area contributed by atoms with Crippen molar-refractivity contribution in [1.29, 1.82) is 5.26 Å². The van der Waals surface area contributed by atoms with Gasteiger partial charge in [0, 0.05) is 12.4 Å². The molecule has 1 heterocycles. The van der Waals surface area contributed by atoms with Crippen LogP contribution in [0.4, 0.5) is 0 Å². The largest absolute Gasteiger partial charge is 0.496 e. The Morgan fingerprint density at radius 1 is 1.47 bits per heavy atom. The van der Waals surface area contributed by atoms with Crippen LogP contribution in [0.25, 0.3) is 0 Å². The Labute approximate surface area is 99.9 Å². The summed E-state index contributed by atoms with van der Waals surface area (Å²) >= 11 is 0. The number of nitrogens with one attached hydrogen (secondary N) is 1. The van der Waals surface area contributed by atoms with Gasteiger partial charge < -0.3 is 9.72 Å². The van der Waals surface area contributed by atoms with Crippen molar-refractivity contribution in [2.75, 3.05) is 7.11 Å². The van der Waals surface area contributed by atoms with E-state index in [0.717, 1.165) is 16.9 Å². The molecule has 0 aliphatic carbocycles. The zero-order valence-electron chi connectivity index (χ0n) is 9.77. The Morgan fingerprint density at radius 2 is 2.29 bits per heavy atom. The predicted octanol–water partition coefficient (Wildman–Crippen LogP) is 2.38. The molecule has 4 nitrogen and oxygen atoms in total. The summed E-state index contributed by atoms with van der Waals surface area (Å²) in [6, 6.07) is 7.97. The number of hydrogen-bond acceptors (Lipinski definition) is 3. The molecule has 0 amide bonds. The average Bonchev–Trinajstić information content (AvgIpc) is 2.84. The van der Waals surface area contributed by atoms with Gasteiger partial charge >= 0.3 is 0 Å². The average molecular weight is 227 g/mol. The SMILES string of the molecule is COc1ccc(C(C#N)c2ncc[nH]2)cc1C. The number of aromatic nitrogens is 2. The Bertz CT molecular complexity index is 540. The molecular formula is C13H13N3O. The quantitative estimate of drug-likeness (QED) is 0.875. The lowest BCUT2D eigenvalue weighted by Crippen LogP contribution is -2.01. The maximum atomic E-state index is 9.23. The Hall–Kier alpha value is -2.28. The van der Waals surface area contributed by atoms with Crippen molar-refractivity contribution >= 4 is 0 Å². The molecule has 0 bridgehead atoms. The van der Waals surface area contributed by atoms with Gasteiger partial charge in [-0.1, -0.05) is 12.1 Å². The molecule has 1 aromatic heterocycles. The van der Waals surface area contributed by atoms with E-state index in [2.05, 4.69) is 16.0 Å². The van der Waals surface area contributed by atoms with Crippen molar-refractivity contribution in [3.63, 3.8) is 0 Å². The molecule has 1 unspecified atom stereocenters. The van der Waals surface area contributed by atoms with Crippen molar-refractivity contribution in [3.05, 3.63) is 47.5 Å². The van der Waals surface area contributed by atoms with Crippen LogP contribution in [0.2, 0.25) is 0 Å². The topological polar surface area (TPSA) is 61.7 Å². The van der Waals surface area contributed by atoms with Gasteiger partial charge in [0.2, 0.25) is 0 Å². The zero-order valence-corrected chi connectivity index (χ0v) is 9.77. The Morgan fingerprint density at radius 3 is 2.82 bits per heavy atom. The number of methoxy groups -OCH3 is 1. The summed E-state index contributed by atoms with van der Waals surface area (Å²) in [5, 5.41) is 9.23. The van der Waals surface area contributed by atoms with E-state index in [1.54, 1.807) is 19.5 Å². The number of H-pyrrole nitrogens is 1. The van der Waals surface area contributed by atoms with Crippen LogP contribution in [0.3, 0.4) is 0 Å². The molecule has 17 heavy (non-hydrogen) atoms. The van der Waals surface area contributed by atoms with Crippen LogP contribution in [0.15, 0.2) is 30.6 Å². The second kappa shape index (κ2) is 4.71. The molecule has 0 aliphatic rings. The summed E-state index contributed by atoms with van der Waals surface area (Å²) in [5.74, 6) is 1.12. The lowest BCUT2D eigenvalue weighted by Gasteiger charge is -2.10. The van der Waals surface area contributed by atoms with E-state index in [1.807, 2.05) is 25.1 Å². The van der Waals surface area contributed by atoms with Gasteiger partial charge in [-0.15, -0.1) is 0 Å². The van der Waals surface area contributed by atoms with Gasteiger partial charge in [0.15, 0.2) is 0 Å². The molecular weight excluding hydrogens is 214 g/mol. The molecule has 1 atom stereocenters. The molecule has 0 spiro atoms. The summed E-state index contributed by atoms with van der Waals surface area (Å²) < 4.78 is 5.20. The minimum Gasteiger partial charge on any atom is -0.496 e. The number of aryl methyl sites for hydroxylation is 1. The first kappa shape index (κ1) is 11.2. The number of nitriles is 1. The van der Waals surface area contributed by atoms with Gasteiger partial charge in [-0.25, -0.2) is 4.98 Å². The normalized spacial score (nSPS) is 11.8. The van der Waals surface area contributed by atoms with Crippen LogP contribution in [-0.4, -0.2) is 17.1 Å². The van der Waals surface area contributed by atoms with Crippen molar-refractivity contribution in [3.8, 4) is 11.8 Å². The molecule has 2 rings (SSSR count). The van der Waals surface area contributed by atoms with E-state index in [0.29, 0.717) is 5.82 Å². The fourth-order valence-electron chi connectivity index (χ4n) is 1.81. The highest BCUT2D eigenvalue weighted by molar-refractivity contribution is 5.41. The van der Waals surface area contributed by atoms with Gasteiger partial charge in [0.25, 0.3) is 0 Å². The van der Waals surface area contributed by atoms with Crippen LogP contribution >= 0.6 is 0 Å². The first-order chi connectivity index (χ1) is 8.26. The highest BCUT2D eigenvalue weighted by Gasteiger charge is 2.16. The first-order valence-corrected chi connectivity index (χ1v) is 5.29. The zero-order chi connectivity index (χ0) is 12.3. The molecule has 0 saturated heterocycles. The van der Waals surface area contributed by atoms with Gasteiger partial charge in [0.1, 0.15) is 17.5 Å². The van der Waals surface area contributed by atoms with E-state index in [4.69, 9.17) is 4.74 Å². The number of ether oxygens (including phenoxy) is 1. The van der Waals surface area contributed by atoms with Crippen LogP contribution in [-0.2, 0) is 0 Å². The maximum Gasteiger partial charge on any atom is 0.129 e. The van der Waals surface area contributed by atoms with E-state index < -0.39 is 0 Å². The molecule has 0 saturated carbocycles. The number of hydrogen-bond donors (Lipinski definition) is 1. The number of imidazole rings is 1. The third kappa shape index (κ3) is 2.13. The van der Waals surface area contributed by atoms with Crippen LogP contribution < -0.4 is 4.74 Å². The molecule has 1 N–H and O–H groups in total. The van der Waals surface area contributed by atoms with E-state index in [-0.39, 0.29) is 5.92 Å². The van der Waals surface area contributed by atoms with Gasteiger partial charge in [-0.3, -0.25) is 0 Å². The lowest BCUT2D eigenvalue weighted by molar-refractivity contribution is 0.411. The van der Waals surface area contributed by atoms with Gasteiger partial charge in [-0.05, 0) is 24.1 Å². The molecule has 0 fully saturated rings. The highest BCUT2D eigenvalue weighted by atomic mass is 16.5. The smallest absolute Gasteiger partial charge is 0.129 e. The third-order valence-electron chi connectivity index (χ3n) is 2.67. The number of benzene rings is 1. The summed E-state index contributed by atoms with van der Waals surface area (Å²) in [4.78, 5) is 7.10. The van der Waals surface area contributed by atoms with Crippen molar-refractivity contribution < 1.29 is 4.74 Å². The fraction of sp³-hybridized carbons (Fsp3) is 0.231. The lowest BCUT2D eigenvalue weighted by atomic mass is 9.98. The van der Waals surface area contributed by atoms with Crippen LogP contribution in [0, 0.1) is 18.3 Å². The minimum atomic E-state index is -0.366. The standard InChI is InChI=1S/C13H13N3O/c1-9-7-10(3-4-12(9)17-2)11(8-14)13-15-5-6-16-13/h3-7,11H,1-2H3,(H,15,16). The molecule has 0 radical (unpaired) electrons. The molecule has 86 valence electrons. The van der Waals surface area contributed by atoms with Crippen molar-refractivity contribution in [1.82, 2.24) is 9.97 Å². The van der Waals surface area contributed by atoms with Crippen molar-refractivity contribution in [2.24, 2.45) is 0 Å². The predicted molar refractivity (Wildman–Crippen MR) is 63.8 cm³/mol. The van der Waals surface area contributed by atoms with Crippen LogP contribution in [0.5, 0.6) is 5.75 Å². The monoisotopic (exact) mass is 227 g/mol. The highest BCUT2D eigenvalue weighted by Crippen LogP contribution is 2.26.